The SMILES string of the molecule is CC1CN(S(=O)(=O)c2cc(CNC3CC3)oc2Br)CC1C. The number of nitrogens with one attached hydrogen (secondary N) is 1. The third-order valence-electron chi connectivity index (χ3n) is 4.42. The molecule has 1 aliphatic carbocycles. The van der Waals surface area contributed by atoms with Gasteiger partial charge < -0.3 is 9.73 Å². The van der Waals surface area contributed by atoms with Gasteiger partial charge in [0.25, 0.3) is 0 Å². The summed E-state index contributed by atoms with van der Waals surface area (Å²) < 4.78 is 32.9. The first-order valence-electron chi connectivity index (χ1n) is 7.39. The van der Waals surface area contributed by atoms with Crippen molar-refractivity contribution >= 4 is 26.0 Å². The molecule has 1 aliphatic heterocycles. The molecule has 0 aromatic carbocycles. The van der Waals surface area contributed by atoms with Gasteiger partial charge in [-0.2, -0.15) is 4.31 Å². The lowest BCUT2D eigenvalue weighted by atomic mass is 10.0. The van der Waals surface area contributed by atoms with Crippen molar-refractivity contribution in [1.29, 1.82) is 0 Å². The molecule has 5 nitrogen and oxygen atoms in total. The molecule has 2 fully saturated rings. The van der Waals surface area contributed by atoms with Gasteiger partial charge in [-0.15, -0.1) is 0 Å². The minimum Gasteiger partial charge on any atom is -0.452 e. The maximum absolute atomic E-state index is 12.7. The molecular formula is C14H21BrN2O3S. The number of hydrogen-bond donors (Lipinski definition) is 1. The zero-order chi connectivity index (χ0) is 15.2. The minimum absolute atomic E-state index is 0.247. The third kappa shape index (κ3) is 3.21. The van der Waals surface area contributed by atoms with Crippen LogP contribution in [-0.4, -0.2) is 31.9 Å². The van der Waals surface area contributed by atoms with Crippen LogP contribution in [0.1, 0.15) is 32.4 Å². The monoisotopic (exact) mass is 376 g/mol. The van der Waals surface area contributed by atoms with Gasteiger partial charge >= 0.3 is 0 Å². The molecule has 7 heteroatoms. The quantitative estimate of drug-likeness (QED) is 0.857. The smallest absolute Gasteiger partial charge is 0.247 e. The van der Waals surface area contributed by atoms with Crippen LogP contribution >= 0.6 is 15.9 Å². The summed E-state index contributed by atoms with van der Waals surface area (Å²) in [6, 6.07) is 2.21. The van der Waals surface area contributed by atoms with Gasteiger partial charge in [-0.25, -0.2) is 8.42 Å². The predicted molar refractivity (Wildman–Crippen MR) is 83.4 cm³/mol. The van der Waals surface area contributed by atoms with E-state index in [1.54, 1.807) is 10.4 Å². The summed E-state index contributed by atoms with van der Waals surface area (Å²) in [6.07, 6.45) is 2.38. The molecule has 0 radical (unpaired) electrons. The van der Waals surface area contributed by atoms with E-state index in [2.05, 4.69) is 35.1 Å². The first kappa shape index (κ1) is 15.5. The van der Waals surface area contributed by atoms with Crippen molar-refractivity contribution in [3.8, 4) is 0 Å². The summed E-state index contributed by atoms with van der Waals surface area (Å²) in [6.45, 7) is 5.92. The first-order valence-corrected chi connectivity index (χ1v) is 9.63. The van der Waals surface area contributed by atoms with E-state index >= 15 is 0 Å². The van der Waals surface area contributed by atoms with Gasteiger partial charge in [-0.1, -0.05) is 13.8 Å². The fraction of sp³-hybridized carbons (Fsp3) is 0.714. The van der Waals surface area contributed by atoms with Gasteiger partial charge in [-0.3, -0.25) is 0 Å². The Balaban J connectivity index is 1.78. The van der Waals surface area contributed by atoms with E-state index in [-0.39, 0.29) is 4.90 Å². The lowest BCUT2D eigenvalue weighted by Gasteiger charge is -2.14. The Morgan fingerprint density at radius 2 is 1.95 bits per heavy atom. The van der Waals surface area contributed by atoms with Crippen LogP contribution in [0.2, 0.25) is 0 Å². The number of hydrogen-bond acceptors (Lipinski definition) is 4. The molecule has 0 amide bonds. The van der Waals surface area contributed by atoms with Crippen molar-refractivity contribution in [2.24, 2.45) is 11.8 Å². The topological polar surface area (TPSA) is 62.6 Å². The van der Waals surface area contributed by atoms with Crippen molar-refractivity contribution in [3.63, 3.8) is 0 Å². The van der Waals surface area contributed by atoms with Crippen LogP contribution in [0.3, 0.4) is 0 Å². The first-order chi connectivity index (χ1) is 9.88. The Morgan fingerprint density at radius 3 is 2.52 bits per heavy atom. The highest BCUT2D eigenvalue weighted by molar-refractivity contribution is 9.10. The second-order valence-electron chi connectivity index (χ2n) is 6.28. The Hall–Kier alpha value is -0.370. The van der Waals surface area contributed by atoms with Gasteiger partial charge in [0.15, 0.2) is 4.67 Å². The zero-order valence-corrected chi connectivity index (χ0v) is 14.7. The van der Waals surface area contributed by atoms with Crippen LogP contribution in [0.5, 0.6) is 0 Å². The van der Waals surface area contributed by atoms with Crippen LogP contribution in [0.25, 0.3) is 0 Å². The van der Waals surface area contributed by atoms with E-state index in [4.69, 9.17) is 4.42 Å². The number of nitrogens with zero attached hydrogens (tertiary/aromatic N) is 1. The van der Waals surface area contributed by atoms with E-state index in [0.717, 1.165) is 0 Å². The standard InChI is InChI=1S/C14H21BrN2O3S/c1-9-7-17(8-10(9)2)21(18,19)13-5-12(20-14(13)15)6-16-11-3-4-11/h5,9-11,16H,3-4,6-8H2,1-2H3. The third-order valence-corrected chi connectivity index (χ3v) is 7.11. The second kappa shape index (κ2) is 5.68. The van der Waals surface area contributed by atoms with Crippen LogP contribution in [0.15, 0.2) is 20.0 Å². The Kier molecular flexibility index (Phi) is 4.20. The zero-order valence-electron chi connectivity index (χ0n) is 12.3. The predicted octanol–water partition coefficient (Wildman–Crippen LogP) is 2.57. The Labute approximate surface area is 134 Å². The molecule has 2 heterocycles. The molecule has 1 saturated carbocycles. The summed E-state index contributed by atoms with van der Waals surface area (Å²) in [5.74, 6) is 1.44. The molecule has 1 aromatic heterocycles. The molecule has 0 spiro atoms. The molecule has 2 unspecified atom stereocenters. The van der Waals surface area contributed by atoms with E-state index in [1.165, 1.54) is 12.8 Å². The van der Waals surface area contributed by atoms with Crippen molar-refractivity contribution in [1.82, 2.24) is 9.62 Å². The summed E-state index contributed by atoms with van der Waals surface area (Å²) in [5.41, 5.74) is 0. The van der Waals surface area contributed by atoms with Gasteiger partial charge in [-0.05, 0) is 40.6 Å². The van der Waals surface area contributed by atoms with E-state index in [1.807, 2.05) is 0 Å². The highest BCUT2D eigenvalue weighted by Gasteiger charge is 2.37. The van der Waals surface area contributed by atoms with E-state index in [9.17, 15) is 8.42 Å². The molecule has 118 valence electrons. The normalized spacial score (nSPS) is 27.4. The maximum Gasteiger partial charge on any atom is 0.247 e. The molecule has 21 heavy (non-hydrogen) atoms. The lowest BCUT2D eigenvalue weighted by molar-refractivity contribution is 0.448. The van der Waals surface area contributed by atoms with Crippen LogP contribution < -0.4 is 5.32 Å². The fourth-order valence-electron chi connectivity index (χ4n) is 2.61. The summed E-state index contributed by atoms with van der Waals surface area (Å²) >= 11 is 3.25. The lowest BCUT2D eigenvalue weighted by Crippen LogP contribution is -2.29. The van der Waals surface area contributed by atoms with Crippen LogP contribution in [-0.2, 0) is 16.6 Å². The highest BCUT2D eigenvalue weighted by atomic mass is 79.9. The van der Waals surface area contributed by atoms with Gasteiger partial charge in [0.2, 0.25) is 10.0 Å². The minimum atomic E-state index is -3.47. The van der Waals surface area contributed by atoms with Crippen molar-refractivity contribution in [2.75, 3.05) is 13.1 Å². The average Bonchev–Trinajstić information content (AvgIpc) is 3.08. The van der Waals surface area contributed by atoms with Crippen molar-refractivity contribution in [3.05, 3.63) is 16.5 Å². The summed E-state index contributed by atoms with van der Waals surface area (Å²) in [4.78, 5) is 0.247. The molecule has 3 rings (SSSR count). The summed E-state index contributed by atoms with van der Waals surface area (Å²) in [5, 5.41) is 3.33. The van der Waals surface area contributed by atoms with E-state index < -0.39 is 10.0 Å². The van der Waals surface area contributed by atoms with Crippen LogP contribution in [0.4, 0.5) is 0 Å². The second-order valence-corrected chi connectivity index (χ2v) is 8.91. The Bertz CT molecular complexity index is 614. The number of furan rings is 1. The van der Waals surface area contributed by atoms with Crippen molar-refractivity contribution in [2.45, 2.75) is 44.2 Å². The molecule has 2 atom stereocenters. The van der Waals surface area contributed by atoms with Crippen molar-refractivity contribution < 1.29 is 12.8 Å². The molecule has 1 N–H and O–H groups in total. The largest absolute Gasteiger partial charge is 0.452 e. The number of sulfonamides is 1. The number of rotatable bonds is 5. The molecule has 2 aliphatic rings. The van der Waals surface area contributed by atoms with E-state index in [0.29, 0.717) is 47.9 Å². The van der Waals surface area contributed by atoms with Gasteiger partial charge in [0.1, 0.15) is 10.7 Å². The maximum atomic E-state index is 12.7. The summed E-state index contributed by atoms with van der Waals surface area (Å²) in [7, 11) is -3.47. The highest BCUT2D eigenvalue weighted by Crippen LogP contribution is 2.33. The molecule has 0 bridgehead atoms. The molecule has 1 saturated heterocycles. The Morgan fingerprint density at radius 1 is 1.33 bits per heavy atom. The number of halogens is 1. The van der Waals surface area contributed by atoms with Gasteiger partial charge in [0.05, 0.1) is 6.54 Å². The van der Waals surface area contributed by atoms with Crippen LogP contribution in [0, 0.1) is 11.8 Å². The molecule has 1 aromatic rings. The fourth-order valence-corrected chi connectivity index (χ4v) is 5.21. The average molecular weight is 377 g/mol. The molecular weight excluding hydrogens is 356 g/mol. The van der Waals surface area contributed by atoms with Gasteiger partial charge in [0, 0.05) is 25.2 Å².